The van der Waals surface area contributed by atoms with Crippen molar-refractivity contribution in [2.45, 2.75) is 6.54 Å². The number of amides is 1. The summed E-state index contributed by atoms with van der Waals surface area (Å²) in [5, 5.41) is 13.4. The van der Waals surface area contributed by atoms with Gasteiger partial charge >= 0.3 is 0 Å². The third-order valence-corrected chi connectivity index (χ3v) is 3.34. The van der Waals surface area contributed by atoms with E-state index in [0.717, 1.165) is 11.1 Å². The lowest BCUT2D eigenvalue weighted by molar-refractivity contribution is 0.0707. The number of carbonyl (C=O) groups excluding carboxylic acids is 1. The molecular formula is C17H15N3O2. The molecule has 5 nitrogen and oxygen atoms in total. The number of aromatic nitrogens is 2. The average molecular weight is 293 g/mol. The van der Waals surface area contributed by atoms with Crippen molar-refractivity contribution in [1.29, 1.82) is 0 Å². The van der Waals surface area contributed by atoms with Crippen molar-refractivity contribution in [3.05, 3.63) is 78.0 Å². The van der Waals surface area contributed by atoms with E-state index in [9.17, 15) is 4.79 Å². The van der Waals surface area contributed by atoms with Crippen LogP contribution in [0.3, 0.4) is 0 Å². The summed E-state index contributed by atoms with van der Waals surface area (Å²) in [7, 11) is 0. The lowest BCUT2D eigenvalue weighted by atomic mass is 10.1. The van der Waals surface area contributed by atoms with Gasteiger partial charge in [0.15, 0.2) is 0 Å². The van der Waals surface area contributed by atoms with Crippen LogP contribution in [0.4, 0.5) is 0 Å². The van der Waals surface area contributed by atoms with Crippen LogP contribution < -0.4 is 5.48 Å². The number of hydrogen-bond donors (Lipinski definition) is 2. The highest BCUT2D eigenvalue weighted by Gasteiger charge is 2.17. The van der Waals surface area contributed by atoms with Crippen LogP contribution in [-0.2, 0) is 6.54 Å². The SMILES string of the molecule is O=C(NO)c1cn(Cc2ccccc2)nc1-c1ccccc1. The Balaban J connectivity index is 2.00. The fraction of sp³-hybridized carbons (Fsp3) is 0.0588. The Hall–Kier alpha value is -2.92. The van der Waals surface area contributed by atoms with Crippen molar-refractivity contribution in [2.75, 3.05) is 0 Å². The van der Waals surface area contributed by atoms with Gasteiger partial charge in [0.2, 0.25) is 0 Å². The predicted octanol–water partition coefficient (Wildman–Crippen LogP) is 2.72. The fourth-order valence-corrected chi connectivity index (χ4v) is 2.31. The van der Waals surface area contributed by atoms with Crippen LogP contribution in [0.25, 0.3) is 11.3 Å². The Morgan fingerprint density at radius 3 is 2.32 bits per heavy atom. The van der Waals surface area contributed by atoms with Crippen LogP contribution >= 0.6 is 0 Å². The summed E-state index contributed by atoms with van der Waals surface area (Å²) in [5.74, 6) is -0.571. The van der Waals surface area contributed by atoms with Gasteiger partial charge in [0.25, 0.3) is 5.91 Å². The van der Waals surface area contributed by atoms with Gasteiger partial charge in [-0.1, -0.05) is 60.7 Å². The van der Waals surface area contributed by atoms with Gasteiger partial charge in [0.1, 0.15) is 5.69 Å². The molecule has 0 unspecified atom stereocenters. The van der Waals surface area contributed by atoms with Gasteiger partial charge in [-0.15, -0.1) is 0 Å². The zero-order valence-corrected chi connectivity index (χ0v) is 11.8. The Bertz CT molecular complexity index is 767. The zero-order valence-electron chi connectivity index (χ0n) is 11.8. The second-order valence-corrected chi connectivity index (χ2v) is 4.88. The first-order valence-electron chi connectivity index (χ1n) is 6.89. The lowest BCUT2D eigenvalue weighted by Crippen LogP contribution is -2.18. The summed E-state index contributed by atoms with van der Waals surface area (Å²) < 4.78 is 1.70. The molecule has 1 aromatic heterocycles. The molecule has 5 heteroatoms. The molecule has 3 aromatic rings. The molecule has 2 N–H and O–H groups in total. The lowest BCUT2D eigenvalue weighted by Gasteiger charge is -2.01. The summed E-state index contributed by atoms with van der Waals surface area (Å²) in [6.07, 6.45) is 1.64. The zero-order chi connectivity index (χ0) is 15.4. The summed E-state index contributed by atoms with van der Waals surface area (Å²) >= 11 is 0. The van der Waals surface area contributed by atoms with Gasteiger partial charge in [0.05, 0.1) is 12.1 Å². The Labute approximate surface area is 127 Å². The minimum atomic E-state index is -0.571. The van der Waals surface area contributed by atoms with Crippen molar-refractivity contribution < 1.29 is 10.0 Å². The third-order valence-electron chi connectivity index (χ3n) is 3.34. The predicted molar refractivity (Wildman–Crippen MR) is 82.5 cm³/mol. The van der Waals surface area contributed by atoms with Crippen LogP contribution in [-0.4, -0.2) is 20.9 Å². The summed E-state index contributed by atoms with van der Waals surface area (Å²) in [6, 6.07) is 19.3. The number of hydrogen-bond acceptors (Lipinski definition) is 3. The third kappa shape index (κ3) is 2.89. The maximum absolute atomic E-state index is 11.9. The van der Waals surface area contributed by atoms with Crippen LogP contribution in [0.1, 0.15) is 15.9 Å². The monoisotopic (exact) mass is 293 g/mol. The summed E-state index contributed by atoms with van der Waals surface area (Å²) in [5.41, 5.74) is 4.47. The smallest absolute Gasteiger partial charge is 0.278 e. The number of nitrogens with one attached hydrogen (secondary N) is 1. The molecule has 0 fully saturated rings. The molecular weight excluding hydrogens is 278 g/mol. The van der Waals surface area contributed by atoms with E-state index in [1.807, 2.05) is 60.7 Å². The fourth-order valence-electron chi connectivity index (χ4n) is 2.31. The molecule has 0 saturated carbocycles. The molecule has 3 rings (SSSR count). The Kier molecular flexibility index (Phi) is 3.98. The van der Waals surface area contributed by atoms with E-state index in [-0.39, 0.29) is 0 Å². The molecule has 0 radical (unpaired) electrons. The second-order valence-electron chi connectivity index (χ2n) is 4.88. The highest BCUT2D eigenvalue weighted by atomic mass is 16.5. The maximum Gasteiger partial charge on any atom is 0.278 e. The highest BCUT2D eigenvalue weighted by molar-refractivity contribution is 5.99. The van der Waals surface area contributed by atoms with Crippen LogP contribution in [0, 0.1) is 0 Å². The molecule has 0 atom stereocenters. The standard InChI is InChI=1S/C17H15N3O2/c21-17(19-22)15-12-20(11-13-7-3-1-4-8-13)18-16(15)14-9-5-2-6-10-14/h1-10,12,22H,11H2,(H,19,21). The number of benzene rings is 2. The van der Waals surface area contributed by atoms with E-state index in [2.05, 4.69) is 5.10 Å². The molecule has 0 saturated heterocycles. The van der Waals surface area contributed by atoms with Crippen LogP contribution in [0.2, 0.25) is 0 Å². The molecule has 2 aromatic carbocycles. The van der Waals surface area contributed by atoms with Crippen molar-refractivity contribution in [1.82, 2.24) is 15.3 Å². The van der Waals surface area contributed by atoms with Gasteiger partial charge in [-0.3, -0.25) is 14.7 Å². The number of carbonyl (C=O) groups is 1. The van der Waals surface area contributed by atoms with Crippen LogP contribution in [0.5, 0.6) is 0 Å². The molecule has 0 bridgehead atoms. The number of hydroxylamine groups is 1. The normalized spacial score (nSPS) is 10.4. The molecule has 0 aliphatic heterocycles. The van der Waals surface area contributed by atoms with Crippen molar-refractivity contribution >= 4 is 5.91 Å². The first-order valence-corrected chi connectivity index (χ1v) is 6.89. The molecule has 110 valence electrons. The second kappa shape index (κ2) is 6.24. The largest absolute Gasteiger partial charge is 0.288 e. The Morgan fingerprint density at radius 2 is 1.68 bits per heavy atom. The van der Waals surface area contributed by atoms with E-state index in [0.29, 0.717) is 17.8 Å². The summed E-state index contributed by atoms with van der Waals surface area (Å²) in [6.45, 7) is 0.555. The molecule has 1 amide bonds. The topological polar surface area (TPSA) is 67.2 Å². The van der Waals surface area contributed by atoms with E-state index < -0.39 is 5.91 Å². The molecule has 1 heterocycles. The van der Waals surface area contributed by atoms with Gasteiger partial charge in [-0.05, 0) is 5.56 Å². The first-order chi connectivity index (χ1) is 10.8. The van der Waals surface area contributed by atoms with Gasteiger partial charge in [-0.25, -0.2) is 5.48 Å². The van der Waals surface area contributed by atoms with Crippen molar-refractivity contribution in [2.24, 2.45) is 0 Å². The van der Waals surface area contributed by atoms with E-state index in [1.165, 1.54) is 0 Å². The molecule has 22 heavy (non-hydrogen) atoms. The van der Waals surface area contributed by atoms with Crippen molar-refractivity contribution in [3.63, 3.8) is 0 Å². The minimum absolute atomic E-state index is 0.338. The van der Waals surface area contributed by atoms with Gasteiger partial charge < -0.3 is 0 Å². The van der Waals surface area contributed by atoms with Crippen LogP contribution in [0.15, 0.2) is 66.9 Å². The van der Waals surface area contributed by atoms with E-state index >= 15 is 0 Å². The molecule has 0 aliphatic rings. The van der Waals surface area contributed by atoms with Crippen molar-refractivity contribution in [3.8, 4) is 11.3 Å². The number of nitrogens with zero attached hydrogens (tertiary/aromatic N) is 2. The van der Waals surface area contributed by atoms with E-state index in [1.54, 1.807) is 16.4 Å². The molecule has 0 spiro atoms. The van der Waals surface area contributed by atoms with Gasteiger partial charge in [-0.2, -0.15) is 5.10 Å². The minimum Gasteiger partial charge on any atom is -0.288 e. The average Bonchev–Trinajstić information content (AvgIpc) is 3.00. The quantitative estimate of drug-likeness (QED) is 0.574. The summed E-state index contributed by atoms with van der Waals surface area (Å²) in [4.78, 5) is 11.9. The first kappa shape index (κ1) is 14.0. The van der Waals surface area contributed by atoms with E-state index in [4.69, 9.17) is 5.21 Å². The Morgan fingerprint density at radius 1 is 1.05 bits per heavy atom. The van der Waals surface area contributed by atoms with Gasteiger partial charge in [0, 0.05) is 11.8 Å². The maximum atomic E-state index is 11.9. The number of rotatable bonds is 4. The molecule has 0 aliphatic carbocycles. The highest BCUT2D eigenvalue weighted by Crippen LogP contribution is 2.22.